The van der Waals surface area contributed by atoms with Crippen LogP contribution in [0.25, 0.3) is 49.7 Å². The SMILES string of the molecule is CC.CC(C)Cc1ccc(C2(c3cccc(-c4ccc(-n5c6ccccc6c6ccccc65)cc4)c3)c3ccccc3-c3ccccc32)cc1. The van der Waals surface area contributed by atoms with Crippen LogP contribution in [0.1, 0.15) is 55.5 Å². The minimum atomic E-state index is -0.414. The molecule has 0 fully saturated rings. The van der Waals surface area contributed by atoms with Crippen LogP contribution < -0.4 is 0 Å². The van der Waals surface area contributed by atoms with E-state index in [-0.39, 0.29) is 0 Å². The van der Waals surface area contributed by atoms with Gasteiger partial charge in [0, 0.05) is 16.5 Å². The molecular weight excluding hydrogens is 603 g/mol. The Morgan fingerprint density at radius 1 is 0.480 bits per heavy atom. The molecule has 0 N–H and O–H groups in total. The van der Waals surface area contributed by atoms with Crippen LogP contribution in [-0.2, 0) is 11.8 Å². The second-order valence-electron chi connectivity index (χ2n) is 13.6. The number of fused-ring (bicyclic) bond motifs is 6. The molecule has 0 atom stereocenters. The Morgan fingerprint density at radius 3 is 1.60 bits per heavy atom. The minimum absolute atomic E-state index is 0.414. The van der Waals surface area contributed by atoms with E-state index in [1.54, 1.807) is 0 Å². The summed E-state index contributed by atoms with van der Waals surface area (Å²) in [7, 11) is 0. The Balaban J connectivity index is 0.00000177. The van der Waals surface area contributed by atoms with Crippen molar-refractivity contribution in [2.24, 2.45) is 5.92 Å². The van der Waals surface area contributed by atoms with Crippen LogP contribution in [0, 0.1) is 5.92 Å². The van der Waals surface area contributed by atoms with Gasteiger partial charge in [-0.2, -0.15) is 0 Å². The highest BCUT2D eigenvalue weighted by molar-refractivity contribution is 6.09. The third-order valence-corrected chi connectivity index (χ3v) is 10.3. The molecule has 1 aliphatic carbocycles. The van der Waals surface area contributed by atoms with E-state index in [4.69, 9.17) is 0 Å². The van der Waals surface area contributed by atoms with Crippen LogP contribution in [0.5, 0.6) is 0 Å². The van der Waals surface area contributed by atoms with Gasteiger partial charge in [0.2, 0.25) is 0 Å². The van der Waals surface area contributed by atoms with Gasteiger partial charge in [0.05, 0.1) is 16.4 Å². The maximum Gasteiger partial charge on any atom is 0.0713 e. The lowest BCUT2D eigenvalue weighted by Crippen LogP contribution is -2.28. The lowest BCUT2D eigenvalue weighted by Gasteiger charge is -2.34. The third-order valence-electron chi connectivity index (χ3n) is 10.3. The number of rotatable bonds is 6. The van der Waals surface area contributed by atoms with Gasteiger partial charge in [-0.1, -0.05) is 167 Å². The lowest BCUT2D eigenvalue weighted by molar-refractivity contribution is 0.646. The molecule has 1 aliphatic rings. The van der Waals surface area contributed by atoms with E-state index in [0.29, 0.717) is 5.92 Å². The number of aromatic nitrogens is 1. The Morgan fingerprint density at radius 2 is 1.02 bits per heavy atom. The van der Waals surface area contributed by atoms with Gasteiger partial charge in [0.25, 0.3) is 0 Å². The molecule has 1 heteroatoms. The first-order chi connectivity index (χ1) is 24.6. The smallest absolute Gasteiger partial charge is 0.0713 e. The summed E-state index contributed by atoms with van der Waals surface area (Å²) in [5.74, 6) is 0.621. The van der Waals surface area contributed by atoms with Crippen molar-refractivity contribution in [3.8, 4) is 27.9 Å². The summed E-state index contributed by atoms with van der Waals surface area (Å²) in [6.45, 7) is 8.58. The molecule has 9 rings (SSSR count). The third kappa shape index (κ3) is 5.00. The summed E-state index contributed by atoms with van der Waals surface area (Å²) < 4.78 is 2.38. The maximum absolute atomic E-state index is 2.43. The maximum atomic E-state index is 2.43. The van der Waals surface area contributed by atoms with Crippen LogP contribution in [0.15, 0.2) is 170 Å². The molecule has 8 aromatic rings. The van der Waals surface area contributed by atoms with Crippen molar-refractivity contribution in [3.05, 3.63) is 198 Å². The van der Waals surface area contributed by atoms with Crippen LogP contribution in [0.2, 0.25) is 0 Å². The van der Waals surface area contributed by atoms with Crippen molar-refractivity contribution < 1.29 is 0 Å². The lowest BCUT2D eigenvalue weighted by atomic mass is 9.67. The molecule has 1 aromatic heterocycles. The number of nitrogens with zero attached hydrogens (tertiary/aromatic N) is 1. The van der Waals surface area contributed by atoms with E-state index < -0.39 is 5.41 Å². The molecule has 0 spiro atoms. The predicted octanol–water partition coefficient (Wildman–Crippen LogP) is 13.0. The van der Waals surface area contributed by atoms with Gasteiger partial charge in [-0.05, 0) is 92.7 Å². The van der Waals surface area contributed by atoms with E-state index >= 15 is 0 Å². The fourth-order valence-electron chi connectivity index (χ4n) is 8.32. The standard InChI is InChI=1S/C47H37N.C2H6/c1-32(2)30-33-22-26-36(27-23-33)47(43-18-7-3-14-39(43)40-15-4-8-19-44(40)47)37-13-11-12-35(31-37)34-24-28-38(29-25-34)48-45-20-9-5-16-41(45)42-17-6-10-21-46(42)48;1-2/h3-29,31-32H,30H2,1-2H3;1-2H3. The molecule has 0 saturated heterocycles. The topological polar surface area (TPSA) is 4.93 Å². The molecule has 0 saturated carbocycles. The molecule has 244 valence electrons. The number of hydrogen-bond acceptors (Lipinski definition) is 0. The van der Waals surface area contributed by atoms with Gasteiger partial charge in [-0.25, -0.2) is 0 Å². The summed E-state index contributed by atoms with van der Waals surface area (Å²) in [5, 5.41) is 2.56. The number of benzene rings is 7. The van der Waals surface area contributed by atoms with Gasteiger partial charge < -0.3 is 4.57 Å². The Hall–Kier alpha value is -5.66. The zero-order valence-electron chi connectivity index (χ0n) is 29.4. The highest BCUT2D eigenvalue weighted by Crippen LogP contribution is 2.56. The predicted molar refractivity (Wildman–Crippen MR) is 213 cm³/mol. The second-order valence-corrected chi connectivity index (χ2v) is 13.6. The molecule has 0 amide bonds. The zero-order chi connectivity index (χ0) is 34.2. The zero-order valence-corrected chi connectivity index (χ0v) is 29.4. The van der Waals surface area contributed by atoms with Crippen molar-refractivity contribution in [2.45, 2.75) is 39.5 Å². The average Bonchev–Trinajstić information content (AvgIpc) is 3.67. The molecule has 1 nitrogen and oxygen atoms in total. The first kappa shape index (κ1) is 31.6. The molecule has 0 radical (unpaired) electrons. The molecular formula is C49H43N. The fraction of sp³-hybridized carbons (Fsp3) is 0.143. The van der Waals surface area contributed by atoms with Crippen molar-refractivity contribution >= 4 is 21.8 Å². The van der Waals surface area contributed by atoms with Crippen molar-refractivity contribution in [2.75, 3.05) is 0 Å². The molecule has 0 aliphatic heterocycles. The summed E-state index contributed by atoms with van der Waals surface area (Å²) in [5.41, 5.74) is 15.0. The van der Waals surface area contributed by atoms with Crippen LogP contribution in [0.3, 0.4) is 0 Å². The second kappa shape index (κ2) is 13.0. The van der Waals surface area contributed by atoms with E-state index in [1.807, 2.05) is 13.8 Å². The fourth-order valence-corrected chi connectivity index (χ4v) is 8.32. The summed E-state index contributed by atoms with van der Waals surface area (Å²) in [4.78, 5) is 0. The average molecular weight is 646 g/mol. The summed E-state index contributed by atoms with van der Waals surface area (Å²) in [6.07, 6.45) is 1.08. The van der Waals surface area contributed by atoms with Crippen LogP contribution in [-0.4, -0.2) is 4.57 Å². The molecule has 1 heterocycles. The van der Waals surface area contributed by atoms with E-state index in [1.165, 1.54) is 77.6 Å². The van der Waals surface area contributed by atoms with Gasteiger partial charge in [0.15, 0.2) is 0 Å². The Kier molecular flexibility index (Phi) is 8.21. The Labute approximate surface area is 296 Å². The molecule has 50 heavy (non-hydrogen) atoms. The Bertz CT molecular complexity index is 2340. The number of hydrogen-bond donors (Lipinski definition) is 0. The highest BCUT2D eigenvalue weighted by Gasteiger charge is 2.45. The summed E-state index contributed by atoms with van der Waals surface area (Å²) in [6, 6.07) is 63.2. The number of para-hydroxylation sites is 2. The highest BCUT2D eigenvalue weighted by atomic mass is 15.0. The van der Waals surface area contributed by atoms with E-state index in [0.717, 1.165) is 6.42 Å². The van der Waals surface area contributed by atoms with Gasteiger partial charge in [-0.15, -0.1) is 0 Å². The monoisotopic (exact) mass is 645 g/mol. The van der Waals surface area contributed by atoms with Gasteiger partial charge in [0.1, 0.15) is 0 Å². The molecule has 0 unspecified atom stereocenters. The molecule has 7 aromatic carbocycles. The molecule has 0 bridgehead atoms. The first-order valence-corrected chi connectivity index (χ1v) is 18.1. The largest absolute Gasteiger partial charge is 0.309 e. The van der Waals surface area contributed by atoms with Gasteiger partial charge in [-0.3, -0.25) is 0 Å². The van der Waals surface area contributed by atoms with Gasteiger partial charge >= 0.3 is 0 Å². The minimum Gasteiger partial charge on any atom is -0.309 e. The van der Waals surface area contributed by atoms with E-state index in [9.17, 15) is 0 Å². The van der Waals surface area contributed by atoms with Crippen molar-refractivity contribution in [1.29, 1.82) is 0 Å². The first-order valence-electron chi connectivity index (χ1n) is 18.1. The van der Waals surface area contributed by atoms with Crippen LogP contribution in [0.4, 0.5) is 0 Å². The van der Waals surface area contributed by atoms with Crippen LogP contribution >= 0.6 is 0 Å². The van der Waals surface area contributed by atoms with Crippen molar-refractivity contribution in [3.63, 3.8) is 0 Å². The van der Waals surface area contributed by atoms with Crippen molar-refractivity contribution in [1.82, 2.24) is 4.57 Å². The van der Waals surface area contributed by atoms with E-state index in [2.05, 4.69) is 188 Å². The summed E-state index contributed by atoms with van der Waals surface area (Å²) >= 11 is 0. The quantitative estimate of drug-likeness (QED) is 0.170. The normalized spacial score (nSPS) is 12.8.